The van der Waals surface area contributed by atoms with Gasteiger partial charge in [-0.3, -0.25) is 0 Å². The van der Waals surface area contributed by atoms with Crippen LogP contribution in [0.1, 0.15) is 22.9 Å². The molecular formula is C17H15BrN2. The third kappa shape index (κ3) is 2.35. The largest absolute Gasteiger partial charge is 0.319 e. The summed E-state index contributed by atoms with van der Waals surface area (Å²) in [5, 5.41) is 1.11. The summed E-state index contributed by atoms with van der Waals surface area (Å²) >= 11 is 3.60. The highest BCUT2D eigenvalue weighted by molar-refractivity contribution is 9.10. The molecule has 0 saturated heterocycles. The predicted octanol–water partition coefficient (Wildman–Crippen LogP) is 4.35. The number of pyridine rings is 1. The van der Waals surface area contributed by atoms with E-state index in [1.807, 2.05) is 30.3 Å². The standard InChI is InChI=1S/C17H15BrN2/c1-11-6-2-4-8-13(11)16(19)17-14(18)10-12-7-3-5-9-15(12)20-17/h2-10,16H,19H2,1H3. The smallest absolute Gasteiger partial charge is 0.0765 e. The number of hydrogen-bond donors (Lipinski definition) is 1. The van der Waals surface area contributed by atoms with Gasteiger partial charge in [0.15, 0.2) is 0 Å². The summed E-state index contributed by atoms with van der Waals surface area (Å²) in [4.78, 5) is 4.72. The van der Waals surface area contributed by atoms with Crippen molar-refractivity contribution in [1.29, 1.82) is 0 Å². The van der Waals surface area contributed by atoms with Crippen molar-refractivity contribution in [3.8, 4) is 0 Å². The lowest BCUT2D eigenvalue weighted by Crippen LogP contribution is -2.15. The number of aryl methyl sites for hydroxylation is 1. The summed E-state index contributed by atoms with van der Waals surface area (Å²) < 4.78 is 0.951. The molecule has 20 heavy (non-hydrogen) atoms. The van der Waals surface area contributed by atoms with Crippen LogP contribution in [0, 0.1) is 6.92 Å². The highest BCUT2D eigenvalue weighted by Gasteiger charge is 2.16. The van der Waals surface area contributed by atoms with E-state index in [0.717, 1.165) is 26.6 Å². The zero-order chi connectivity index (χ0) is 14.1. The van der Waals surface area contributed by atoms with Crippen LogP contribution in [0.15, 0.2) is 59.1 Å². The van der Waals surface area contributed by atoms with Crippen LogP contribution < -0.4 is 5.73 Å². The zero-order valence-electron chi connectivity index (χ0n) is 11.2. The first-order chi connectivity index (χ1) is 9.66. The van der Waals surface area contributed by atoms with Gasteiger partial charge in [-0.25, -0.2) is 4.98 Å². The van der Waals surface area contributed by atoms with Crippen LogP contribution >= 0.6 is 15.9 Å². The summed E-state index contributed by atoms with van der Waals surface area (Å²) in [5.74, 6) is 0. The Morgan fingerprint density at radius 2 is 1.75 bits per heavy atom. The van der Waals surface area contributed by atoms with Gasteiger partial charge in [0.1, 0.15) is 0 Å². The van der Waals surface area contributed by atoms with Gasteiger partial charge in [-0.15, -0.1) is 0 Å². The first-order valence-electron chi connectivity index (χ1n) is 6.53. The average molecular weight is 327 g/mol. The van der Waals surface area contributed by atoms with E-state index in [-0.39, 0.29) is 6.04 Å². The Hall–Kier alpha value is -1.71. The molecule has 1 aromatic heterocycles. The normalized spacial score (nSPS) is 12.6. The van der Waals surface area contributed by atoms with Crippen molar-refractivity contribution in [2.75, 3.05) is 0 Å². The minimum Gasteiger partial charge on any atom is -0.319 e. The van der Waals surface area contributed by atoms with Crippen molar-refractivity contribution < 1.29 is 0 Å². The van der Waals surface area contributed by atoms with Crippen molar-refractivity contribution in [1.82, 2.24) is 4.98 Å². The molecule has 2 aromatic carbocycles. The van der Waals surface area contributed by atoms with Gasteiger partial charge in [0, 0.05) is 9.86 Å². The van der Waals surface area contributed by atoms with Crippen molar-refractivity contribution in [2.24, 2.45) is 5.73 Å². The number of para-hydroxylation sites is 1. The molecule has 1 atom stereocenters. The number of benzene rings is 2. The van der Waals surface area contributed by atoms with Crippen LogP contribution in [-0.2, 0) is 0 Å². The van der Waals surface area contributed by atoms with Gasteiger partial charge in [0.25, 0.3) is 0 Å². The van der Waals surface area contributed by atoms with Crippen LogP contribution in [0.5, 0.6) is 0 Å². The van der Waals surface area contributed by atoms with Crippen LogP contribution in [0.3, 0.4) is 0 Å². The number of halogens is 1. The molecular weight excluding hydrogens is 312 g/mol. The van der Waals surface area contributed by atoms with Gasteiger partial charge in [-0.1, -0.05) is 42.5 Å². The summed E-state index contributed by atoms with van der Waals surface area (Å²) in [6.45, 7) is 2.07. The van der Waals surface area contributed by atoms with Crippen LogP contribution in [0.2, 0.25) is 0 Å². The SMILES string of the molecule is Cc1ccccc1C(N)c1nc2ccccc2cc1Br. The van der Waals surface area contributed by atoms with Gasteiger partial charge >= 0.3 is 0 Å². The lowest BCUT2D eigenvalue weighted by atomic mass is 9.99. The molecule has 3 aromatic rings. The third-order valence-corrected chi connectivity index (χ3v) is 4.16. The Morgan fingerprint density at radius 3 is 2.55 bits per heavy atom. The first kappa shape index (κ1) is 13.3. The molecule has 0 radical (unpaired) electrons. The molecule has 100 valence electrons. The fourth-order valence-corrected chi connectivity index (χ4v) is 2.99. The molecule has 0 bridgehead atoms. The van der Waals surface area contributed by atoms with E-state index in [2.05, 4.69) is 47.1 Å². The number of nitrogens with zero attached hydrogens (tertiary/aromatic N) is 1. The molecule has 0 spiro atoms. The van der Waals surface area contributed by atoms with E-state index < -0.39 is 0 Å². The van der Waals surface area contributed by atoms with E-state index in [0.29, 0.717) is 0 Å². The van der Waals surface area contributed by atoms with Gasteiger partial charge in [0.05, 0.1) is 17.3 Å². The van der Waals surface area contributed by atoms with Gasteiger partial charge in [-0.2, -0.15) is 0 Å². The molecule has 2 nitrogen and oxygen atoms in total. The van der Waals surface area contributed by atoms with E-state index in [1.54, 1.807) is 0 Å². The van der Waals surface area contributed by atoms with Crippen molar-refractivity contribution in [2.45, 2.75) is 13.0 Å². The molecule has 0 saturated carbocycles. The van der Waals surface area contributed by atoms with Gasteiger partial charge in [-0.05, 0) is 46.1 Å². The minimum atomic E-state index is -0.227. The maximum atomic E-state index is 6.42. The predicted molar refractivity (Wildman–Crippen MR) is 86.7 cm³/mol. The fraction of sp³-hybridized carbons (Fsp3) is 0.118. The van der Waals surface area contributed by atoms with Gasteiger partial charge in [0.2, 0.25) is 0 Å². The summed E-state index contributed by atoms with van der Waals surface area (Å²) in [7, 11) is 0. The van der Waals surface area contributed by atoms with Crippen molar-refractivity contribution in [3.63, 3.8) is 0 Å². The molecule has 0 aliphatic heterocycles. The molecule has 0 aliphatic rings. The van der Waals surface area contributed by atoms with Crippen molar-refractivity contribution in [3.05, 3.63) is 75.9 Å². The summed E-state index contributed by atoms with van der Waals surface area (Å²) in [6.07, 6.45) is 0. The Balaban J connectivity index is 2.14. The molecule has 1 unspecified atom stereocenters. The zero-order valence-corrected chi connectivity index (χ0v) is 12.8. The van der Waals surface area contributed by atoms with Gasteiger partial charge < -0.3 is 5.73 Å². The number of nitrogens with two attached hydrogens (primary N) is 1. The quantitative estimate of drug-likeness (QED) is 0.760. The Bertz CT molecular complexity index is 768. The Morgan fingerprint density at radius 1 is 1.05 bits per heavy atom. The third-order valence-electron chi connectivity index (χ3n) is 3.52. The van der Waals surface area contributed by atoms with E-state index in [1.165, 1.54) is 5.56 Å². The fourth-order valence-electron chi connectivity index (χ4n) is 2.41. The number of fused-ring (bicyclic) bond motifs is 1. The molecule has 3 rings (SSSR count). The topological polar surface area (TPSA) is 38.9 Å². The second-order valence-electron chi connectivity index (χ2n) is 4.88. The molecule has 0 aliphatic carbocycles. The first-order valence-corrected chi connectivity index (χ1v) is 7.32. The maximum absolute atomic E-state index is 6.42. The highest BCUT2D eigenvalue weighted by atomic mass is 79.9. The lowest BCUT2D eigenvalue weighted by Gasteiger charge is -2.16. The molecule has 2 N–H and O–H groups in total. The Kier molecular flexibility index (Phi) is 3.55. The number of rotatable bonds is 2. The van der Waals surface area contributed by atoms with Crippen LogP contribution in [0.4, 0.5) is 0 Å². The van der Waals surface area contributed by atoms with Crippen LogP contribution in [-0.4, -0.2) is 4.98 Å². The van der Waals surface area contributed by atoms with Crippen molar-refractivity contribution >= 4 is 26.8 Å². The summed E-state index contributed by atoms with van der Waals surface area (Å²) in [6, 6.07) is 18.1. The second-order valence-corrected chi connectivity index (χ2v) is 5.74. The maximum Gasteiger partial charge on any atom is 0.0765 e. The molecule has 1 heterocycles. The highest BCUT2D eigenvalue weighted by Crippen LogP contribution is 2.29. The monoisotopic (exact) mass is 326 g/mol. The van der Waals surface area contributed by atoms with E-state index in [4.69, 9.17) is 10.7 Å². The number of aromatic nitrogens is 1. The minimum absolute atomic E-state index is 0.227. The molecule has 0 fully saturated rings. The van der Waals surface area contributed by atoms with Crippen LogP contribution in [0.25, 0.3) is 10.9 Å². The molecule has 3 heteroatoms. The lowest BCUT2D eigenvalue weighted by molar-refractivity contribution is 0.822. The average Bonchev–Trinajstić information content (AvgIpc) is 2.46. The van der Waals surface area contributed by atoms with E-state index >= 15 is 0 Å². The summed E-state index contributed by atoms with van der Waals surface area (Å²) in [5.41, 5.74) is 10.5. The Labute approximate surface area is 126 Å². The number of hydrogen-bond acceptors (Lipinski definition) is 2. The van der Waals surface area contributed by atoms with E-state index in [9.17, 15) is 0 Å². The molecule has 0 amide bonds. The second kappa shape index (κ2) is 5.35.